The second kappa shape index (κ2) is 3.15. The minimum atomic E-state index is -0.687. The standard InChI is InChI=1S/C10H15FO/c11-9-5-6-10(12)8-4-2-1-3-7(8)9/h7-9H,1-6H2. The summed E-state index contributed by atoms with van der Waals surface area (Å²) in [4.78, 5) is 11.4. The third-order valence-electron chi connectivity index (χ3n) is 3.36. The minimum absolute atomic E-state index is 0.0833. The van der Waals surface area contributed by atoms with Crippen molar-refractivity contribution in [3.8, 4) is 0 Å². The molecule has 0 aliphatic heterocycles. The van der Waals surface area contributed by atoms with Crippen molar-refractivity contribution in [1.82, 2.24) is 0 Å². The highest BCUT2D eigenvalue weighted by Crippen LogP contribution is 2.39. The number of halogens is 1. The van der Waals surface area contributed by atoms with Crippen molar-refractivity contribution in [2.45, 2.75) is 44.7 Å². The first-order chi connectivity index (χ1) is 5.79. The molecule has 3 unspecified atom stereocenters. The molecule has 0 aromatic rings. The van der Waals surface area contributed by atoms with Gasteiger partial charge in [0, 0.05) is 12.3 Å². The van der Waals surface area contributed by atoms with Crippen LogP contribution in [0.15, 0.2) is 0 Å². The molecule has 2 aliphatic rings. The molecule has 12 heavy (non-hydrogen) atoms. The number of carbonyl (C=O) groups is 1. The molecule has 2 saturated carbocycles. The quantitative estimate of drug-likeness (QED) is 0.546. The zero-order valence-corrected chi connectivity index (χ0v) is 7.26. The molecule has 0 heterocycles. The molecule has 3 atom stereocenters. The van der Waals surface area contributed by atoms with Gasteiger partial charge < -0.3 is 0 Å². The summed E-state index contributed by atoms with van der Waals surface area (Å²) in [6, 6.07) is 0. The van der Waals surface area contributed by atoms with E-state index in [4.69, 9.17) is 0 Å². The zero-order valence-electron chi connectivity index (χ0n) is 7.26. The van der Waals surface area contributed by atoms with E-state index in [1.54, 1.807) is 0 Å². The van der Waals surface area contributed by atoms with E-state index in [2.05, 4.69) is 0 Å². The summed E-state index contributed by atoms with van der Waals surface area (Å²) in [5.74, 6) is 0.496. The Labute approximate surface area is 72.3 Å². The average molecular weight is 170 g/mol. The van der Waals surface area contributed by atoms with Gasteiger partial charge in [-0.2, -0.15) is 0 Å². The van der Waals surface area contributed by atoms with E-state index < -0.39 is 6.17 Å². The second-order valence-corrected chi connectivity index (χ2v) is 4.08. The van der Waals surface area contributed by atoms with E-state index in [0.717, 1.165) is 25.7 Å². The molecule has 0 radical (unpaired) electrons. The summed E-state index contributed by atoms with van der Waals surface area (Å²) >= 11 is 0. The monoisotopic (exact) mass is 170 g/mol. The molecule has 0 N–H and O–H groups in total. The maximum atomic E-state index is 13.3. The van der Waals surface area contributed by atoms with Crippen LogP contribution in [-0.4, -0.2) is 12.0 Å². The van der Waals surface area contributed by atoms with E-state index in [1.807, 2.05) is 0 Å². The van der Waals surface area contributed by atoms with Gasteiger partial charge in [-0.1, -0.05) is 12.8 Å². The van der Waals surface area contributed by atoms with Gasteiger partial charge in [-0.05, 0) is 25.2 Å². The number of carbonyl (C=O) groups excluding carboxylic acids is 1. The molecule has 68 valence electrons. The number of hydrogen-bond donors (Lipinski definition) is 0. The Balaban J connectivity index is 2.11. The molecule has 0 saturated heterocycles. The van der Waals surface area contributed by atoms with E-state index in [9.17, 15) is 9.18 Å². The van der Waals surface area contributed by atoms with E-state index >= 15 is 0 Å². The third-order valence-corrected chi connectivity index (χ3v) is 3.36. The topological polar surface area (TPSA) is 17.1 Å². The van der Waals surface area contributed by atoms with E-state index in [-0.39, 0.29) is 11.8 Å². The Morgan fingerprint density at radius 3 is 2.67 bits per heavy atom. The molecule has 2 aliphatic carbocycles. The van der Waals surface area contributed by atoms with E-state index in [0.29, 0.717) is 18.6 Å². The van der Waals surface area contributed by atoms with Crippen LogP contribution in [0.2, 0.25) is 0 Å². The first kappa shape index (κ1) is 8.21. The second-order valence-electron chi connectivity index (χ2n) is 4.08. The summed E-state index contributed by atoms with van der Waals surface area (Å²) in [5, 5.41) is 0. The highest BCUT2D eigenvalue weighted by Gasteiger charge is 2.39. The Morgan fingerprint density at radius 1 is 1.17 bits per heavy atom. The van der Waals surface area contributed by atoms with Crippen molar-refractivity contribution in [2.75, 3.05) is 0 Å². The Hall–Kier alpha value is -0.400. The van der Waals surface area contributed by atoms with Gasteiger partial charge in [0.25, 0.3) is 0 Å². The molecule has 2 fully saturated rings. The van der Waals surface area contributed by atoms with Crippen LogP contribution in [0.4, 0.5) is 4.39 Å². The lowest BCUT2D eigenvalue weighted by molar-refractivity contribution is -0.130. The largest absolute Gasteiger partial charge is 0.299 e. The fourth-order valence-corrected chi connectivity index (χ4v) is 2.67. The fourth-order valence-electron chi connectivity index (χ4n) is 2.67. The summed E-state index contributed by atoms with van der Waals surface area (Å²) in [5.41, 5.74) is 0. The molecule has 1 nitrogen and oxygen atoms in total. The summed E-state index contributed by atoms with van der Waals surface area (Å²) in [7, 11) is 0. The molecule has 2 heteroatoms. The van der Waals surface area contributed by atoms with Gasteiger partial charge in [-0.15, -0.1) is 0 Å². The maximum Gasteiger partial charge on any atom is 0.136 e. The van der Waals surface area contributed by atoms with Crippen LogP contribution in [0.1, 0.15) is 38.5 Å². The highest BCUT2D eigenvalue weighted by atomic mass is 19.1. The SMILES string of the molecule is O=C1CCC(F)C2CCCCC12. The molecular formula is C10H15FO. The molecule has 0 aromatic heterocycles. The summed E-state index contributed by atoms with van der Waals surface area (Å²) in [6.07, 6.45) is 4.42. The van der Waals surface area contributed by atoms with Crippen molar-refractivity contribution < 1.29 is 9.18 Å². The van der Waals surface area contributed by atoms with Crippen LogP contribution in [-0.2, 0) is 4.79 Å². The summed E-state index contributed by atoms with van der Waals surface area (Å²) < 4.78 is 13.3. The molecule has 0 aromatic carbocycles. The first-order valence-corrected chi connectivity index (χ1v) is 4.96. The lowest BCUT2D eigenvalue weighted by atomic mass is 9.69. The van der Waals surface area contributed by atoms with Crippen LogP contribution in [0.25, 0.3) is 0 Å². The smallest absolute Gasteiger partial charge is 0.136 e. The molecular weight excluding hydrogens is 155 g/mol. The molecule has 2 rings (SSSR count). The Bertz CT molecular complexity index is 190. The van der Waals surface area contributed by atoms with Gasteiger partial charge in [0.05, 0.1) is 0 Å². The molecule has 0 amide bonds. The van der Waals surface area contributed by atoms with Crippen LogP contribution >= 0.6 is 0 Å². The van der Waals surface area contributed by atoms with Crippen LogP contribution < -0.4 is 0 Å². The van der Waals surface area contributed by atoms with Crippen LogP contribution in [0, 0.1) is 11.8 Å². The maximum absolute atomic E-state index is 13.3. The molecule has 0 bridgehead atoms. The molecule has 0 spiro atoms. The average Bonchev–Trinajstić information content (AvgIpc) is 2.12. The van der Waals surface area contributed by atoms with E-state index in [1.165, 1.54) is 0 Å². The predicted molar refractivity (Wildman–Crippen MR) is 44.6 cm³/mol. The lowest BCUT2D eigenvalue weighted by Gasteiger charge is -2.36. The van der Waals surface area contributed by atoms with Gasteiger partial charge in [0.2, 0.25) is 0 Å². The number of alkyl halides is 1. The normalized spacial score (nSPS) is 42.4. The minimum Gasteiger partial charge on any atom is -0.299 e. The van der Waals surface area contributed by atoms with Gasteiger partial charge in [-0.3, -0.25) is 4.79 Å². The van der Waals surface area contributed by atoms with Crippen LogP contribution in [0.3, 0.4) is 0 Å². The Kier molecular flexibility index (Phi) is 2.16. The third kappa shape index (κ3) is 1.27. The van der Waals surface area contributed by atoms with Crippen molar-refractivity contribution >= 4 is 5.78 Å². The first-order valence-electron chi connectivity index (χ1n) is 4.96. The lowest BCUT2D eigenvalue weighted by Crippen LogP contribution is -2.38. The van der Waals surface area contributed by atoms with Gasteiger partial charge >= 0.3 is 0 Å². The van der Waals surface area contributed by atoms with Crippen molar-refractivity contribution in [2.24, 2.45) is 11.8 Å². The number of ketones is 1. The van der Waals surface area contributed by atoms with Gasteiger partial charge in [0.1, 0.15) is 12.0 Å². The Morgan fingerprint density at radius 2 is 1.92 bits per heavy atom. The number of hydrogen-bond acceptors (Lipinski definition) is 1. The summed E-state index contributed by atoms with van der Waals surface area (Å²) in [6.45, 7) is 0. The van der Waals surface area contributed by atoms with Crippen LogP contribution in [0.5, 0.6) is 0 Å². The van der Waals surface area contributed by atoms with Gasteiger partial charge in [-0.25, -0.2) is 4.39 Å². The zero-order chi connectivity index (χ0) is 8.55. The highest BCUT2D eigenvalue weighted by molar-refractivity contribution is 5.82. The van der Waals surface area contributed by atoms with Gasteiger partial charge in [0.15, 0.2) is 0 Å². The fraction of sp³-hybridized carbons (Fsp3) is 0.900. The number of fused-ring (bicyclic) bond motifs is 1. The predicted octanol–water partition coefficient (Wildman–Crippen LogP) is 2.49. The van der Waals surface area contributed by atoms with Crippen molar-refractivity contribution in [3.63, 3.8) is 0 Å². The number of rotatable bonds is 0. The van der Waals surface area contributed by atoms with Crippen molar-refractivity contribution in [1.29, 1.82) is 0 Å². The van der Waals surface area contributed by atoms with Crippen molar-refractivity contribution in [3.05, 3.63) is 0 Å². The number of Topliss-reactive ketones (excluding diaryl/α,β-unsaturated/α-hetero) is 1.